The minimum absolute atomic E-state index is 0.120. The second kappa shape index (κ2) is 7.57. The molecule has 0 bridgehead atoms. The Morgan fingerprint density at radius 1 is 0.966 bits per heavy atom. The van der Waals surface area contributed by atoms with Crippen LogP contribution in [-0.2, 0) is 14.8 Å². The SMILES string of the molecule is Cc1ccc2c(c1)N[C@@H](C(=O)Nc1ccc(Oc3ccccc3)cc1)NS2(=O)=O. The maximum Gasteiger partial charge on any atom is 0.262 e. The van der Waals surface area contributed by atoms with Crippen LogP contribution >= 0.6 is 0 Å². The molecule has 1 heterocycles. The fourth-order valence-electron chi connectivity index (χ4n) is 2.96. The van der Waals surface area contributed by atoms with E-state index in [0.717, 1.165) is 5.56 Å². The fourth-order valence-corrected chi connectivity index (χ4v) is 4.22. The Hall–Kier alpha value is -3.36. The molecule has 0 radical (unpaired) electrons. The smallest absolute Gasteiger partial charge is 0.262 e. The van der Waals surface area contributed by atoms with E-state index in [2.05, 4.69) is 15.4 Å². The number of ether oxygens (including phenoxy) is 1. The van der Waals surface area contributed by atoms with Crippen LogP contribution in [0.4, 0.5) is 11.4 Å². The van der Waals surface area contributed by atoms with E-state index in [0.29, 0.717) is 22.9 Å². The van der Waals surface area contributed by atoms with Crippen LogP contribution in [0.5, 0.6) is 11.5 Å². The van der Waals surface area contributed by atoms with Crippen LogP contribution in [0.2, 0.25) is 0 Å². The van der Waals surface area contributed by atoms with Crippen molar-refractivity contribution in [2.75, 3.05) is 10.6 Å². The molecule has 1 aliphatic rings. The predicted octanol–water partition coefficient (Wildman–Crippen LogP) is 3.46. The second-order valence-corrected chi connectivity index (χ2v) is 8.31. The molecular formula is C21H19N3O4S. The summed E-state index contributed by atoms with van der Waals surface area (Å²) in [5, 5.41) is 5.63. The summed E-state index contributed by atoms with van der Waals surface area (Å²) in [6.45, 7) is 1.85. The van der Waals surface area contributed by atoms with Crippen LogP contribution in [0, 0.1) is 6.92 Å². The highest BCUT2D eigenvalue weighted by atomic mass is 32.2. The average molecular weight is 409 g/mol. The molecular weight excluding hydrogens is 390 g/mol. The summed E-state index contributed by atoms with van der Waals surface area (Å²) < 4.78 is 32.9. The monoisotopic (exact) mass is 409 g/mol. The zero-order chi connectivity index (χ0) is 20.4. The molecule has 3 aromatic rings. The van der Waals surface area contributed by atoms with Crippen molar-refractivity contribution in [3.8, 4) is 11.5 Å². The number of carbonyl (C=O) groups is 1. The Kier molecular flexibility index (Phi) is 4.96. The van der Waals surface area contributed by atoms with Crippen molar-refractivity contribution in [1.29, 1.82) is 0 Å². The number of nitrogens with one attached hydrogen (secondary N) is 3. The standard InChI is InChI=1S/C21H19N3O4S/c1-14-7-12-19-18(13-14)23-20(24-29(19,26)27)21(25)22-15-8-10-17(11-9-15)28-16-5-3-2-4-6-16/h2-13,20,23-24H,1H3,(H,22,25)/t20-/m1/s1. The highest BCUT2D eigenvalue weighted by molar-refractivity contribution is 7.89. The molecule has 8 heteroatoms. The van der Waals surface area contributed by atoms with Gasteiger partial charge < -0.3 is 15.4 Å². The summed E-state index contributed by atoms with van der Waals surface area (Å²) in [7, 11) is -3.78. The fraction of sp³-hybridized carbons (Fsp3) is 0.0952. The van der Waals surface area contributed by atoms with Crippen molar-refractivity contribution in [3.63, 3.8) is 0 Å². The minimum atomic E-state index is -3.78. The number of benzene rings is 3. The summed E-state index contributed by atoms with van der Waals surface area (Å²) in [6, 6.07) is 21.1. The third-order valence-electron chi connectivity index (χ3n) is 4.36. The molecule has 3 aromatic carbocycles. The summed E-state index contributed by atoms with van der Waals surface area (Å²) in [5.41, 5.74) is 1.81. The Morgan fingerprint density at radius 2 is 1.66 bits per heavy atom. The molecule has 0 saturated carbocycles. The second-order valence-electron chi connectivity index (χ2n) is 6.63. The van der Waals surface area contributed by atoms with E-state index >= 15 is 0 Å². The van der Waals surface area contributed by atoms with Crippen LogP contribution in [0.25, 0.3) is 0 Å². The van der Waals surface area contributed by atoms with Gasteiger partial charge in [-0.3, -0.25) is 4.79 Å². The molecule has 0 spiro atoms. The van der Waals surface area contributed by atoms with Crippen molar-refractivity contribution in [2.45, 2.75) is 18.0 Å². The molecule has 1 amide bonds. The highest BCUT2D eigenvalue weighted by Gasteiger charge is 2.33. The first-order chi connectivity index (χ1) is 13.9. The lowest BCUT2D eigenvalue weighted by molar-refractivity contribution is -0.117. The van der Waals surface area contributed by atoms with Gasteiger partial charge in [0.1, 0.15) is 16.4 Å². The zero-order valence-corrected chi connectivity index (χ0v) is 16.4. The molecule has 4 rings (SSSR count). The topological polar surface area (TPSA) is 96.5 Å². The molecule has 3 N–H and O–H groups in total. The normalized spacial score (nSPS) is 16.9. The largest absolute Gasteiger partial charge is 0.457 e. The van der Waals surface area contributed by atoms with Gasteiger partial charge in [-0.2, -0.15) is 4.72 Å². The molecule has 0 unspecified atom stereocenters. The van der Waals surface area contributed by atoms with Crippen molar-refractivity contribution >= 4 is 27.3 Å². The number of fused-ring (bicyclic) bond motifs is 1. The lowest BCUT2D eigenvalue weighted by atomic mass is 10.2. The third-order valence-corrected chi connectivity index (χ3v) is 5.84. The van der Waals surface area contributed by atoms with E-state index in [4.69, 9.17) is 4.74 Å². The molecule has 0 aliphatic carbocycles. The zero-order valence-electron chi connectivity index (χ0n) is 15.5. The van der Waals surface area contributed by atoms with Crippen molar-refractivity contribution in [3.05, 3.63) is 78.4 Å². The predicted molar refractivity (Wildman–Crippen MR) is 110 cm³/mol. The lowest BCUT2D eigenvalue weighted by Crippen LogP contribution is -2.51. The summed E-state index contributed by atoms with van der Waals surface area (Å²) >= 11 is 0. The van der Waals surface area contributed by atoms with Gasteiger partial charge in [0.2, 0.25) is 10.0 Å². The van der Waals surface area contributed by atoms with Gasteiger partial charge in [-0.1, -0.05) is 24.3 Å². The van der Waals surface area contributed by atoms with Crippen LogP contribution in [0.1, 0.15) is 5.56 Å². The number of para-hydroxylation sites is 1. The molecule has 1 aliphatic heterocycles. The van der Waals surface area contributed by atoms with E-state index in [1.807, 2.05) is 37.3 Å². The number of rotatable bonds is 4. The van der Waals surface area contributed by atoms with Gasteiger partial charge in [0.25, 0.3) is 5.91 Å². The van der Waals surface area contributed by atoms with E-state index in [1.165, 1.54) is 6.07 Å². The van der Waals surface area contributed by atoms with E-state index in [-0.39, 0.29) is 4.90 Å². The van der Waals surface area contributed by atoms with E-state index < -0.39 is 22.1 Å². The van der Waals surface area contributed by atoms with Gasteiger partial charge >= 0.3 is 0 Å². The number of amides is 1. The number of anilines is 2. The first kappa shape index (κ1) is 19.0. The van der Waals surface area contributed by atoms with E-state index in [1.54, 1.807) is 36.4 Å². The molecule has 1 atom stereocenters. The Balaban J connectivity index is 1.45. The molecule has 0 saturated heterocycles. The number of hydrogen-bond donors (Lipinski definition) is 3. The molecule has 7 nitrogen and oxygen atoms in total. The lowest BCUT2D eigenvalue weighted by Gasteiger charge is -2.27. The van der Waals surface area contributed by atoms with Gasteiger partial charge in [0.05, 0.1) is 5.69 Å². The Bertz CT molecular complexity index is 1150. The van der Waals surface area contributed by atoms with Crippen LogP contribution in [0.3, 0.4) is 0 Å². The first-order valence-corrected chi connectivity index (χ1v) is 10.4. The number of carbonyl (C=O) groups excluding carboxylic acids is 1. The Labute approximate surface area is 168 Å². The third kappa shape index (κ3) is 4.23. The van der Waals surface area contributed by atoms with Crippen molar-refractivity contribution < 1.29 is 17.9 Å². The van der Waals surface area contributed by atoms with Gasteiger partial charge in [0.15, 0.2) is 6.17 Å². The maximum atomic E-state index is 12.6. The van der Waals surface area contributed by atoms with Crippen LogP contribution in [-0.4, -0.2) is 20.5 Å². The van der Waals surface area contributed by atoms with Gasteiger partial charge in [-0.05, 0) is 61.0 Å². The van der Waals surface area contributed by atoms with Gasteiger partial charge in [-0.25, -0.2) is 8.42 Å². The minimum Gasteiger partial charge on any atom is -0.457 e. The highest BCUT2D eigenvalue weighted by Crippen LogP contribution is 2.27. The summed E-state index contributed by atoms with van der Waals surface area (Å²) in [5.74, 6) is 0.812. The van der Waals surface area contributed by atoms with Crippen molar-refractivity contribution in [1.82, 2.24) is 4.72 Å². The van der Waals surface area contributed by atoms with Crippen molar-refractivity contribution in [2.24, 2.45) is 0 Å². The summed E-state index contributed by atoms with van der Waals surface area (Å²) in [6.07, 6.45) is -1.12. The number of aryl methyl sites for hydroxylation is 1. The quantitative estimate of drug-likeness (QED) is 0.613. The summed E-state index contributed by atoms with van der Waals surface area (Å²) in [4.78, 5) is 12.7. The molecule has 148 valence electrons. The van der Waals surface area contributed by atoms with Crippen LogP contribution in [0.15, 0.2) is 77.7 Å². The molecule has 29 heavy (non-hydrogen) atoms. The maximum absolute atomic E-state index is 12.6. The van der Waals surface area contributed by atoms with Gasteiger partial charge in [-0.15, -0.1) is 0 Å². The van der Waals surface area contributed by atoms with Crippen LogP contribution < -0.4 is 20.1 Å². The first-order valence-electron chi connectivity index (χ1n) is 8.94. The average Bonchev–Trinajstić information content (AvgIpc) is 2.69. The molecule has 0 aromatic heterocycles. The number of sulfonamides is 1. The Morgan fingerprint density at radius 3 is 2.38 bits per heavy atom. The molecule has 0 fully saturated rings. The van der Waals surface area contributed by atoms with E-state index in [9.17, 15) is 13.2 Å². The number of hydrogen-bond acceptors (Lipinski definition) is 5. The van der Waals surface area contributed by atoms with Gasteiger partial charge in [0, 0.05) is 5.69 Å².